The molecule has 1 saturated heterocycles. The van der Waals surface area contributed by atoms with E-state index in [2.05, 4.69) is 9.88 Å². The number of halogens is 1. The predicted octanol–water partition coefficient (Wildman–Crippen LogP) is 4.59. The molecule has 2 heterocycles. The van der Waals surface area contributed by atoms with Crippen LogP contribution in [-0.2, 0) is 4.79 Å². The number of amides is 1. The molecular formula is C23H29FN4O. The maximum Gasteiger partial charge on any atom is 0.226 e. The van der Waals surface area contributed by atoms with Crippen molar-refractivity contribution >= 4 is 11.9 Å². The van der Waals surface area contributed by atoms with Crippen LogP contribution in [0.2, 0.25) is 0 Å². The molecule has 154 valence electrons. The molecule has 1 aliphatic heterocycles. The highest BCUT2D eigenvalue weighted by Gasteiger charge is 2.35. The molecule has 6 heteroatoms. The van der Waals surface area contributed by atoms with E-state index < -0.39 is 0 Å². The van der Waals surface area contributed by atoms with Gasteiger partial charge in [-0.15, -0.1) is 0 Å². The Kier molecular flexibility index (Phi) is 5.79. The maximum absolute atomic E-state index is 13.5. The summed E-state index contributed by atoms with van der Waals surface area (Å²) in [5.74, 6) is 0.795. The molecule has 0 bridgehead atoms. The molecule has 2 fully saturated rings. The van der Waals surface area contributed by atoms with Crippen molar-refractivity contribution in [2.45, 2.75) is 51.0 Å². The summed E-state index contributed by atoms with van der Waals surface area (Å²) in [6.07, 6.45) is 9.12. The molecule has 1 aromatic carbocycles. The lowest BCUT2D eigenvalue weighted by molar-refractivity contribution is -0.139. The van der Waals surface area contributed by atoms with Gasteiger partial charge in [0.1, 0.15) is 5.82 Å². The van der Waals surface area contributed by atoms with Crippen molar-refractivity contribution in [2.75, 3.05) is 25.5 Å². The number of benzene rings is 1. The molecule has 5 nitrogen and oxygen atoms in total. The first-order valence-electron chi connectivity index (χ1n) is 10.7. The molecular weight excluding hydrogens is 367 g/mol. The van der Waals surface area contributed by atoms with Crippen LogP contribution in [-0.4, -0.2) is 41.4 Å². The Labute approximate surface area is 172 Å². The van der Waals surface area contributed by atoms with Gasteiger partial charge in [-0.1, -0.05) is 25.0 Å². The number of aromatic nitrogens is 2. The molecule has 1 aromatic heterocycles. The lowest BCUT2D eigenvalue weighted by atomic mass is 9.92. The predicted molar refractivity (Wildman–Crippen MR) is 112 cm³/mol. The van der Waals surface area contributed by atoms with Gasteiger partial charge < -0.3 is 9.80 Å². The standard InChI is InChI=1S/C23H29FN4O/c1-27(2)23-25-15-19(16-10-12-18(24)13-11-16)21(26-23)20-9-5-6-14-28(20)22(29)17-7-3-4-8-17/h10-13,15,17,20H,3-9,14H2,1-2H3/t20-/m1/s1. The molecule has 29 heavy (non-hydrogen) atoms. The molecule has 0 N–H and O–H groups in total. The normalized spacial score (nSPS) is 20.1. The van der Waals surface area contributed by atoms with Crippen LogP contribution in [0.5, 0.6) is 0 Å². The Bertz CT molecular complexity index is 862. The third-order valence-corrected chi connectivity index (χ3v) is 6.17. The van der Waals surface area contributed by atoms with Crippen LogP contribution in [0.1, 0.15) is 56.7 Å². The van der Waals surface area contributed by atoms with Gasteiger partial charge in [0.05, 0.1) is 11.7 Å². The second-order valence-corrected chi connectivity index (χ2v) is 8.39. The molecule has 4 rings (SSSR count). The summed E-state index contributed by atoms with van der Waals surface area (Å²) in [4.78, 5) is 26.6. The highest BCUT2D eigenvalue weighted by Crippen LogP contribution is 2.38. The van der Waals surface area contributed by atoms with Crippen molar-refractivity contribution in [3.63, 3.8) is 0 Å². The first kappa shape index (κ1) is 19.8. The van der Waals surface area contributed by atoms with Gasteiger partial charge in [-0.2, -0.15) is 0 Å². The van der Waals surface area contributed by atoms with Gasteiger partial charge in [-0.3, -0.25) is 4.79 Å². The average Bonchev–Trinajstić information content (AvgIpc) is 3.28. The minimum Gasteiger partial charge on any atom is -0.347 e. The molecule has 1 amide bonds. The first-order valence-corrected chi connectivity index (χ1v) is 10.7. The van der Waals surface area contributed by atoms with Crippen LogP contribution >= 0.6 is 0 Å². The minimum atomic E-state index is -0.267. The topological polar surface area (TPSA) is 49.3 Å². The second-order valence-electron chi connectivity index (χ2n) is 8.39. The lowest BCUT2D eigenvalue weighted by Gasteiger charge is -2.38. The average molecular weight is 397 g/mol. The fourth-order valence-electron chi connectivity index (χ4n) is 4.59. The number of carbonyl (C=O) groups is 1. The van der Waals surface area contributed by atoms with E-state index in [-0.39, 0.29) is 23.7 Å². The number of carbonyl (C=O) groups excluding carboxylic acids is 1. The van der Waals surface area contributed by atoms with Crippen molar-refractivity contribution in [3.05, 3.63) is 42.0 Å². The molecule has 2 aliphatic rings. The number of hydrogen-bond acceptors (Lipinski definition) is 4. The number of hydrogen-bond donors (Lipinski definition) is 0. The summed E-state index contributed by atoms with van der Waals surface area (Å²) in [6, 6.07) is 6.39. The van der Waals surface area contributed by atoms with Crippen molar-refractivity contribution in [1.29, 1.82) is 0 Å². The highest BCUT2D eigenvalue weighted by molar-refractivity contribution is 5.80. The number of rotatable bonds is 4. The summed E-state index contributed by atoms with van der Waals surface area (Å²) < 4.78 is 13.5. The molecule has 1 saturated carbocycles. The zero-order valence-electron chi connectivity index (χ0n) is 17.3. The van der Waals surface area contributed by atoms with Gasteiger partial charge in [0.2, 0.25) is 11.9 Å². The number of nitrogens with zero attached hydrogens (tertiary/aromatic N) is 4. The third-order valence-electron chi connectivity index (χ3n) is 6.17. The van der Waals surface area contributed by atoms with Crippen LogP contribution in [0.25, 0.3) is 11.1 Å². The summed E-state index contributed by atoms with van der Waals surface area (Å²) in [7, 11) is 3.83. The van der Waals surface area contributed by atoms with Crippen LogP contribution in [0.4, 0.5) is 10.3 Å². The van der Waals surface area contributed by atoms with Crippen molar-refractivity contribution in [2.24, 2.45) is 5.92 Å². The van der Waals surface area contributed by atoms with E-state index in [1.165, 1.54) is 12.1 Å². The molecule has 1 atom stereocenters. The van der Waals surface area contributed by atoms with Crippen LogP contribution < -0.4 is 4.90 Å². The van der Waals surface area contributed by atoms with E-state index in [4.69, 9.17) is 4.98 Å². The molecule has 0 spiro atoms. The van der Waals surface area contributed by atoms with E-state index in [1.807, 2.05) is 25.2 Å². The zero-order valence-corrected chi connectivity index (χ0v) is 17.3. The van der Waals surface area contributed by atoms with Crippen LogP contribution in [0, 0.1) is 11.7 Å². The van der Waals surface area contributed by atoms with Crippen molar-refractivity contribution in [3.8, 4) is 11.1 Å². The highest BCUT2D eigenvalue weighted by atomic mass is 19.1. The van der Waals surface area contributed by atoms with Crippen molar-refractivity contribution < 1.29 is 9.18 Å². The Morgan fingerprint density at radius 1 is 1.07 bits per heavy atom. The minimum absolute atomic E-state index is 0.0568. The Hall–Kier alpha value is -2.50. The smallest absolute Gasteiger partial charge is 0.226 e. The summed E-state index contributed by atoms with van der Waals surface area (Å²) in [6.45, 7) is 0.782. The van der Waals surface area contributed by atoms with Gasteiger partial charge in [0.25, 0.3) is 0 Å². The fraction of sp³-hybridized carbons (Fsp3) is 0.522. The Morgan fingerprint density at radius 2 is 1.76 bits per heavy atom. The molecule has 2 aromatic rings. The lowest BCUT2D eigenvalue weighted by Crippen LogP contribution is -2.42. The third kappa shape index (κ3) is 4.11. The number of likely N-dealkylation sites (tertiary alicyclic amines) is 1. The zero-order chi connectivity index (χ0) is 20.4. The number of piperidine rings is 1. The largest absolute Gasteiger partial charge is 0.347 e. The Morgan fingerprint density at radius 3 is 2.45 bits per heavy atom. The molecule has 0 radical (unpaired) electrons. The van der Waals surface area contributed by atoms with E-state index in [9.17, 15) is 9.18 Å². The van der Waals surface area contributed by atoms with E-state index >= 15 is 0 Å². The maximum atomic E-state index is 13.5. The van der Waals surface area contributed by atoms with Crippen LogP contribution in [0.15, 0.2) is 30.5 Å². The second kappa shape index (κ2) is 8.47. The summed E-state index contributed by atoms with van der Waals surface area (Å²) in [5, 5.41) is 0. The van der Waals surface area contributed by atoms with Gasteiger partial charge in [0, 0.05) is 38.3 Å². The first-order chi connectivity index (χ1) is 14.0. The molecule has 0 unspecified atom stereocenters. The molecule has 1 aliphatic carbocycles. The van der Waals surface area contributed by atoms with E-state index in [1.54, 1.807) is 12.1 Å². The summed E-state index contributed by atoms with van der Waals surface area (Å²) >= 11 is 0. The quantitative estimate of drug-likeness (QED) is 0.758. The van der Waals surface area contributed by atoms with E-state index in [0.717, 1.165) is 68.3 Å². The van der Waals surface area contributed by atoms with Gasteiger partial charge in [-0.05, 0) is 49.8 Å². The van der Waals surface area contributed by atoms with Crippen LogP contribution in [0.3, 0.4) is 0 Å². The Balaban J connectivity index is 1.76. The van der Waals surface area contributed by atoms with Crippen molar-refractivity contribution in [1.82, 2.24) is 14.9 Å². The fourth-order valence-corrected chi connectivity index (χ4v) is 4.59. The summed E-state index contributed by atoms with van der Waals surface area (Å²) in [5.41, 5.74) is 2.64. The van der Waals surface area contributed by atoms with Gasteiger partial charge in [-0.25, -0.2) is 14.4 Å². The van der Waals surface area contributed by atoms with E-state index in [0.29, 0.717) is 5.95 Å². The van der Waals surface area contributed by atoms with Gasteiger partial charge in [0.15, 0.2) is 0 Å². The van der Waals surface area contributed by atoms with Gasteiger partial charge >= 0.3 is 0 Å². The number of anilines is 1. The SMILES string of the molecule is CN(C)c1ncc(-c2ccc(F)cc2)c([C@H]2CCCCN2C(=O)C2CCCC2)n1. The monoisotopic (exact) mass is 396 g/mol.